The van der Waals surface area contributed by atoms with Crippen LogP contribution in [0.3, 0.4) is 0 Å². The highest BCUT2D eigenvalue weighted by molar-refractivity contribution is 7.16. The monoisotopic (exact) mass is 404 g/mol. The largest absolute Gasteiger partial charge is 0.339 e. The molecule has 8 heteroatoms. The molecular formula is C19H21ClN4O2S. The number of para-hydroxylation sites is 2. The number of imidazole rings is 1. The zero-order chi connectivity index (χ0) is 19.0. The number of amides is 1. The summed E-state index contributed by atoms with van der Waals surface area (Å²) in [5, 5.41) is 0. The molecule has 0 aliphatic carbocycles. The summed E-state index contributed by atoms with van der Waals surface area (Å²) in [6, 6.07) is 11.5. The van der Waals surface area contributed by atoms with E-state index >= 15 is 0 Å². The molecule has 1 aromatic carbocycles. The molecule has 4 rings (SSSR count). The first kappa shape index (κ1) is 18.3. The number of carbonyl (C=O) groups is 1. The number of nitrogens with zero attached hydrogens (tertiary/aromatic N) is 4. The zero-order valence-corrected chi connectivity index (χ0v) is 16.7. The smallest absolute Gasteiger partial charge is 0.329 e. The highest BCUT2D eigenvalue weighted by atomic mass is 35.5. The second-order valence-corrected chi connectivity index (χ2v) is 8.58. The number of rotatable bonds is 4. The van der Waals surface area contributed by atoms with Gasteiger partial charge in [-0.15, -0.1) is 11.3 Å². The lowest BCUT2D eigenvalue weighted by Gasteiger charge is -2.34. The van der Waals surface area contributed by atoms with Crippen LogP contribution in [0.15, 0.2) is 41.2 Å². The van der Waals surface area contributed by atoms with Crippen LogP contribution >= 0.6 is 22.9 Å². The number of benzene rings is 1. The van der Waals surface area contributed by atoms with Crippen molar-refractivity contribution in [2.24, 2.45) is 7.05 Å². The molecule has 0 atom stereocenters. The van der Waals surface area contributed by atoms with E-state index in [9.17, 15) is 9.59 Å². The Hall–Kier alpha value is -2.09. The SMILES string of the molecule is Cn1c(=O)n(CC(=O)N2CCN(Cc3ccc(Cl)s3)CC2)c2ccccc21. The Morgan fingerprint density at radius 3 is 2.44 bits per heavy atom. The number of aryl methyl sites for hydroxylation is 1. The van der Waals surface area contributed by atoms with E-state index < -0.39 is 0 Å². The van der Waals surface area contributed by atoms with Crippen LogP contribution in [0.5, 0.6) is 0 Å². The van der Waals surface area contributed by atoms with Gasteiger partial charge in [-0.25, -0.2) is 4.79 Å². The Morgan fingerprint density at radius 1 is 1.07 bits per heavy atom. The molecular weight excluding hydrogens is 384 g/mol. The van der Waals surface area contributed by atoms with Gasteiger partial charge >= 0.3 is 5.69 Å². The lowest BCUT2D eigenvalue weighted by molar-refractivity contribution is -0.133. The van der Waals surface area contributed by atoms with Gasteiger partial charge in [0.25, 0.3) is 0 Å². The average molecular weight is 405 g/mol. The van der Waals surface area contributed by atoms with Gasteiger partial charge in [0, 0.05) is 44.6 Å². The number of carbonyl (C=O) groups excluding carboxylic acids is 1. The quantitative estimate of drug-likeness (QED) is 0.671. The summed E-state index contributed by atoms with van der Waals surface area (Å²) in [7, 11) is 1.74. The van der Waals surface area contributed by atoms with Crippen molar-refractivity contribution in [1.29, 1.82) is 0 Å². The summed E-state index contributed by atoms with van der Waals surface area (Å²) in [6.07, 6.45) is 0. The molecule has 0 bridgehead atoms. The minimum absolute atomic E-state index is 0.00716. The molecule has 0 radical (unpaired) electrons. The van der Waals surface area contributed by atoms with Gasteiger partial charge in [-0.3, -0.25) is 18.8 Å². The predicted octanol–water partition coefficient (Wildman–Crippen LogP) is 2.40. The molecule has 1 aliphatic heterocycles. The Bertz CT molecular complexity index is 1030. The lowest BCUT2D eigenvalue weighted by Crippen LogP contribution is -2.49. The van der Waals surface area contributed by atoms with Gasteiger partial charge in [0.1, 0.15) is 6.54 Å². The van der Waals surface area contributed by atoms with Crippen LogP contribution in [0, 0.1) is 0 Å². The van der Waals surface area contributed by atoms with Crippen molar-refractivity contribution in [1.82, 2.24) is 18.9 Å². The van der Waals surface area contributed by atoms with Gasteiger partial charge in [-0.05, 0) is 24.3 Å². The second-order valence-electron chi connectivity index (χ2n) is 6.78. The molecule has 0 spiro atoms. The molecule has 1 saturated heterocycles. The van der Waals surface area contributed by atoms with Crippen molar-refractivity contribution in [3.63, 3.8) is 0 Å². The summed E-state index contributed by atoms with van der Waals surface area (Å²) in [5.41, 5.74) is 1.49. The van der Waals surface area contributed by atoms with Gasteiger partial charge in [0.05, 0.1) is 15.4 Å². The Morgan fingerprint density at radius 2 is 1.78 bits per heavy atom. The number of fused-ring (bicyclic) bond motifs is 1. The number of halogens is 1. The van der Waals surface area contributed by atoms with E-state index in [0.29, 0.717) is 13.1 Å². The van der Waals surface area contributed by atoms with E-state index in [1.54, 1.807) is 27.5 Å². The third-order valence-electron chi connectivity index (χ3n) is 5.08. The average Bonchev–Trinajstić information content (AvgIpc) is 3.19. The van der Waals surface area contributed by atoms with Crippen LogP contribution < -0.4 is 5.69 Å². The number of piperazine rings is 1. The molecule has 2 aromatic heterocycles. The zero-order valence-electron chi connectivity index (χ0n) is 15.1. The minimum Gasteiger partial charge on any atom is -0.339 e. The third-order valence-corrected chi connectivity index (χ3v) is 6.29. The minimum atomic E-state index is -0.155. The van der Waals surface area contributed by atoms with Gasteiger partial charge in [0.2, 0.25) is 5.91 Å². The summed E-state index contributed by atoms with van der Waals surface area (Å²) < 4.78 is 3.96. The van der Waals surface area contributed by atoms with Gasteiger partial charge < -0.3 is 4.90 Å². The van der Waals surface area contributed by atoms with E-state index in [1.807, 2.05) is 35.2 Å². The predicted molar refractivity (Wildman–Crippen MR) is 108 cm³/mol. The fourth-order valence-electron chi connectivity index (χ4n) is 3.56. The van der Waals surface area contributed by atoms with Crippen molar-refractivity contribution in [2.75, 3.05) is 26.2 Å². The molecule has 3 aromatic rings. The van der Waals surface area contributed by atoms with E-state index in [0.717, 1.165) is 35.0 Å². The number of aromatic nitrogens is 2. The molecule has 1 fully saturated rings. The number of hydrogen-bond donors (Lipinski definition) is 0. The van der Waals surface area contributed by atoms with Crippen LogP contribution in [0.1, 0.15) is 4.88 Å². The maximum atomic E-state index is 12.8. The normalized spacial score (nSPS) is 15.6. The molecule has 6 nitrogen and oxygen atoms in total. The van der Waals surface area contributed by atoms with Crippen LogP contribution in [0.25, 0.3) is 11.0 Å². The molecule has 142 valence electrons. The third kappa shape index (κ3) is 3.67. The van der Waals surface area contributed by atoms with Crippen LogP contribution in [-0.4, -0.2) is 51.0 Å². The van der Waals surface area contributed by atoms with Gasteiger partial charge in [-0.2, -0.15) is 0 Å². The molecule has 3 heterocycles. The van der Waals surface area contributed by atoms with E-state index in [4.69, 9.17) is 11.6 Å². The Kier molecular flexibility index (Phi) is 5.08. The molecule has 1 aliphatic rings. The Balaban J connectivity index is 1.40. The lowest BCUT2D eigenvalue weighted by atomic mass is 10.3. The summed E-state index contributed by atoms with van der Waals surface area (Å²) in [4.78, 5) is 30.7. The first-order chi connectivity index (χ1) is 13.0. The van der Waals surface area contributed by atoms with Crippen LogP contribution in [-0.2, 0) is 24.9 Å². The van der Waals surface area contributed by atoms with Crippen molar-refractivity contribution in [3.05, 3.63) is 56.1 Å². The molecule has 1 amide bonds. The highest BCUT2D eigenvalue weighted by Crippen LogP contribution is 2.23. The standard InChI is InChI=1S/C19H21ClN4O2S/c1-21-15-4-2-3-5-16(15)24(19(21)26)13-18(25)23-10-8-22(9-11-23)12-14-6-7-17(20)27-14/h2-7H,8-13H2,1H3. The summed E-state index contributed by atoms with van der Waals surface area (Å²) in [5.74, 6) is -0.00716. The summed E-state index contributed by atoms with van der Waals surface area (Å²) >= 11 is 7.59. The first-order valence-electron chi connectivity index (χ1n) is 8.91. The first-order valence-corrected chi connectivity index (χ1v) is 10.1. The van der Waals surface area contributed by atoms with E-state index in [1.165, 1.54) is 4.88 Å². The van der Waals surface area contributed by atoms with Crippen LogP contribution in [0.2, 0.25) is 4.34 Å². The topological polar surface area (TPSA) is 50.5 Å². The fourth-order valence-corrected chi connectivity index (χ4v) is 4.69. The second kappa shape index (κ2) is 7.50. The molecule has 0 N–H and O–H groups in total. The fraction of sp³-hybridized carbons (Fsp3) is 0.368. The van der Waals surface area contributed by atoms with E-state index in [-0.39, 0.29) is 18.1 Å². The number of hydrogen-bond acceptors (Lipinski definition) is 4. The molecule has 27 heavy (non-hydrogen) atoms. The van der Waals surface area contributed by atoms with Gasteiger partial charge in [0.15, 0.2) is 0 Å². The maximum absolute atomic E-state index is 12.8. The molecule has 0 saturated carbocycles. The summed E-state index contributed by atoms with van der Waals surface area (Å²) in [6.45, 7) is 3.95. The highest BCUT2D eigenvalue weighted by Gasteiger charge is 2.23. The number of thiophene rings is 1. The Labute approximate surface area is 166 Å². The van der Waals surface area contributed by atoms with Gasteiger partial charge in [-0.1, -0.05) is 23.7 Å². The van der Waals surface area contributed by atoms with Crippen molar-refractivity contribution >= 4 is 39.9 Å². The maximum Gasteiger partial charge on any atom is 0.329 e. The van der Waals surface area contributed by atoms with Crippen molar-refractivity contribution < 1.29 is 4.79 Å². The molecule has 0 unspecified atom stereocenters. The van der Waals surface area contributed by atoms with E-state index in [2.05, 4.69) is 11.0 Å². The van der Waals surface area contributed by atoms with Crippen LogP contribution in [0.4, 0.5) is 0 Å². The van der Waals surface area contributed by atoms with Crippen molar-refractivity contribution in [2.45, 2.75) is 13.1 Å². The van der Waals surface area contributed by atoms with Crippen molar-refractivity contribution in [3.8, 4) is 0 Å².